The van der Waals surface area contributed by atoms with Crippen molar-refractivity contribution in [2.45, 2.75) is 26.3 Å². The lowest BCUT2D eigenvalue weighted by atomic mass is 10.1. The summed E-state index contributed by atoms with van der Waals surface area (Å²) in [6, 6.07) is 11.1. The van der Waals surface area contributed by atoms with E-state index < -0.39 is 0 Å². The molecule has 0 heterocycles. The van der Waals surface area contributed by atoms with Gasteiger partial charge in [0.15, 0.2) is 0 Å². The molecule has 0 fully saturated rings. The SMILES string of the molecule is CCCNC(CN(C)CCOCC)c1ccccc1. The summed E-state index contributed by atoms with van der Waals surface area (Å²) in [6.45, 7) is 8.89. The second kappa shape index (κ2) is 9.96. The number of nitrogens with one attached hydrogen (secondary N) is 1. The van der Waals surface area contributed by atoms with E-state index in [0.717, 1.165) is 39.3 Å². The van der Waals surface area contributed by atoms with E-state index in [9.17, 15) is 0 Å². The van der Waals surface area contributed by atoms with Gasteiger partial charge in [-0.2, -0.15) is 0 Å². The van der Waals surface area contributed by atoms with Crippen LogP contribution in [0.25, 0.3) is 0 Å². The normalized spacial score (nSPS) is 12.8. The quantitative estimate of drug-likeness (QED) is 0.658. The van der Waals surface area contributed by atoms with Crippen molar-refractivity contribution in [2.24, 2.45) is 0 Å². The molecule has 19 heavy (non-hydrogen) atoms. The number of hydrogen-bond donors (Lipinski definition) is 1. The van der Waals surface area contributed by atoms with E-state index in [1.54, 1.807) is 0 Å². The minimum Gasteiger partial charge on any atom is -0.380 e. The second-order valence-electron chi connectivity index (χ2n) is 4.88. The van der Waals surface area contributed by atoms with Gasteiger partial charge >= 0.3 is 0 Å². The summed E-state index contributed by atoms with van der Waals surface area (Å²) in [5.41, 5.74) is 1.36. The van der Waals surface area contributed by atoms with Crippen LogP contribution in [0.5, 0.6) is 0 Å². The van der Waals surface area contributed by atoms with E-state index in [-0.39, 0.29) is 0 Å². The highest BCUT2D eigenvalue weighted by atomic mass is 16.5. The van der Waals surface area contributed by atoms with Crippen LogP contribution < -0.4 is 5.32 Å². The lowest BCUT2D eigenvalue weighted by molar-refractivity contribution is 0.119. The summed E-state index contributed by atoms with van der Waals surface area (Å²) in [5, 5.41) is 3.62. The Kier molecular flexibility index (Phi) is 8.47. The molecule has 0 aromatic heterocycles. The minimum absolute atomic E-state index is 0.396. The van der Waals surface area contributed by atoms with Crippen LogP contribution >= 0.6 is 0 Å². The van der Waals surface area contributed by atoms with Gasteiger partial charge in [-0.1, -0.05) is 37.3 Å². The minimum atomic E-state index is 0.396. The number of benzene rings is 1. The van der Waals surface area contributed by atoms with Gasteiger partial charge in [-0.15, -0.1) is 0 Å². The Hall–Kier alpha value is -0.900. The first kappa shape index (κ1) is 16.2. The van der Waals surface area contributed by atoms with Crippen molar-refractivity contribution in [3.63, 3.8) is 0 Å². The van der Waals surface area contributed by atoms with Crippen molar-refractivity contribution in [1.82, 2.24) is 10.2 Å². The van der Waals surface area contributed by atoms with Crippen molar-refractivity contribution >= 4 is 0 Å². The Morgan fingerprint density at radius 2 is 1.95 bits per heavy atom. The summed E-state index contributed by atoms with van der Waals surface area (Å²) >= 11 is 0. The average Bonchev–Trinajstić information content (AvgIpc) is 2.44. The predicted octanol–water partition coefficient (Wildman–Crippen LogP) is 2.70. The first-order chi connectivity index (χ1) is 9.27. The van der Waals surface area contributed by atoms with Crippen LogP contribution in [-0.4, -0.2) is 44.8 Å². The van der Waals surface area contributed by atoms with Gasteiger partial charge in [0.1, 0.15) is 0 Å². The maximum atomic E-state index is 5.41. The second-order valence-corrected chi connectivity index (χ2v) is 4.88. The van der Waals surface area contributed by atoms with Gasteiger partial charge in [-0.3, -0.25) is 0 Å². The molecule has 0 aliphatic carbocycles. The highest BCUT2D eigenvalue weighted by Crippen LogP contribution is 2.13. The molecule has 0 aliphatic rings. The number of nitrogens with zero attached hydrogens (tertiary/aromatic N) is 1. The van der Waals surface area contributed by atoms with Crippen molar-refractivity contribution in [2.75, 3.05) is 39.9 Å². The number of likely N-dealkylation sites (N-methyl/N-ethyl adjacent to an activating group) is 1. The van der Waals surface area contributed by atoms with Crippen LogP contribution in [0.1, 0.15) is 31.9 Å². The molecule has 0 radical (unpaired) electrons. The van der Waals surface area contributed by atoms with Gasteiger partial charge < -0.3 is 15.0 Å². The molecule has 1 aromatic carbocycles. The van der Waals surface area contributed by atoms with Gasteiger partial charge in [0.05, 0.1) is 6.61 Å². The monoisotopic (exact) mass is 264 g/mol. The molecule has 1 atom stereocenters. The molecule has 0 amide bonds. The molecule has 1 N–H and O–H groups in total. The van der Waals surface area contributed by atoms with Crippen LogP contribution in [0, 0.1) is 0 Å². The molecule has 3 heteroatoms. The lowest BCUT2D eigenvalue weighted by Gasteiger charge is -2.25. The van der Waals surface area contributed by atoms with Crippen LogP contribution in [0.3, 0.4) is 0 Å². The van der Waals surface area contributed by atoms with Gasteiger partial charge in [0.2, 0.25) is 0 Å². The van der Waals surface area contributed by atoms with E-state index in [0.29, 0.717) is 6.04 Å². The summed E-state index contributed by atoms with van der Waals surface area (Å²) in [6.07, 6.45) is 1.16. The Morgan fingerprint density at radius 3 is 2.58 bits per heavy atom. The van der Waals surface area contributed by atoms with Crippen molar-refractivity contribution in [1.29, 1.82) is 0 Å². The first-order valence-electron chi connectivity index (χ1n) is 7.32. The molecule has 3 nitrogen and oxygen atoms in total. The van der Waals surface area contributed by atoms with Crippen LogP contribution in [0.2, 0.25) is 0 Å². The predicted molar refractivity (Wildman–Crippen MR) is 81.5 cm³/mol. The Bertz CT molecular complexity index is 316. The molecule has 0 spiro atoms. The molecule has 0 saturated carbocycles. The fraction of sp³-hybridized carbons (Fsp3) is 0.625. The van der Waals surface area contributed by atoms with Gasteiger partial charge in [-0.25, -0.2) is 0 Å². The van der Waals surface area contributed by atoms with Crippen molar-refractivity contribution in [3.8, 4) is 0 Å². The molecule has 108 valence electrons. The highest BCUT2D eigenvalue weighted by molar-refractivity contribution is 5.19. The van der Waals surface area contributed by atoms with E-state index in [4.69, 9.17) is 4.74 Å². The van der Waals surface area contributed by atoms with Crippen LogP contribution in [0.4, 0.5) is 0 Å². The highest BCUT2D eigenvalue weighted by Gasteiger charge is 2.12. The average molecular weight is 264 g/mol. The Balaban J connectivity index is 2.49. The third kappa shape index (κ3) is 6.71. The van der Waals surface area contributed by atoms with Gasteiger partial charge in [0, 0.05) is 25.7 Å². The first-order valence-corrected chi connectivity index (χ1v) is 7.32. The van der Waals surface area contributed by atoms with Crippen LogP contribution in [-0.2, 0) is 4.74 Å². The number of rotatable bonds is 10. The zero-order valence-electron chi connectivity index (χ0n) is 12.6. The van der Waals surface area contributed by atoms with Crippen molar-refractivity contribution in [3.05, 3.63) is 35.9 Å². The molecule has 0 saturated heterocycles. The molecule has 0 aliphatic heterocycles. The topological polar surface area (TPSA) is 24.5 Å². The zero-order valence-corrected chi connectivity index (χ0v) is 12.6. The molecule has 1 rings (SSSR count). The fourth-order valence-corrected chi connectivity index (χ4v) is 2.06. The Morgan fingerprint density at radius 1 is 1.21 bits per heavy atom. The maximum absolute atomic E-state index is 5.41. The van der Waals surface area contributed by atoms with E-state index >= 15 is 0 Å². The maximum Gasteiger partial charge on any atom is 0.0593 e. The lowest BCUT2D eigenvalue weighted by Crippen LogP contribution is -2.35. The summed E-state index contributed by atoms with van der Waals surface area (Å²) in [5.74, 6) is 0. The fourth-order valence-electron chi connectivity index (χ4n) is 2.06. The summed E-state index contributed by atoms with van der Waals surface area (Å²) in [7, 11) is 2.16. The largest absolute Gasteiger partial charge is 0.380 e. The smallest absolute Gasteiger partial charge is 0.0593 e. The molecule has 1 unspecified atom stereocenters. The Labute approximate surface area is 118 Å². The summed E-state index contributed by atoms with van der Waals surface area (Å²) < 4.78 is 5.41. The molecular formula is C16H28N2O. The van der Waals surface area contributed by atoms with Gasteiger partial charge in [0.25, 0.3) is 0 Å². The summed E-state index contributed by atoms with van der Waals surface area (Å²) in [4.78, 5) is 2.33. The standard InChI is InChI=1S/C16H28N2O/c1-4-11-17-16(15-9-7-6-8-10-15)14-18(3)12-13-19-5-2/h6-10,16-17H,4-5,11-14H2,1-3H3. The van der Waals surface area contributed by atoms with E-state index in [1.165, 1.54) is 5.56 Å². The van der Waals surface area contributed by atoms with Crippen molar-refractivity contribution < 1.29 is 4.74 Å². The molecule has 1 aromatic rings. The third-order valence-corrected chi connectivity index (χ3v) is 3.16. The zero-order chi connectivity index (χ0) is 13.9. The van der Waals surface area contributed by atoms with Crippen LogP contribution in [0.15, 0.2) is 30.3 Å². The van der Waals surface area contributed by atoms with Gasteiger partial charge in [-0.05, 0) is 32.5 Å². The van der Waals surface area contributed by atoms with E-state index in [1.807, 2.05) is 6.92 Å². The number of hydrogen-bond acceptors (Lipinski definition) is 3. The van der Waals surface area contributed by atoms with E-state index in [2.05, 4.69) is 54.5 Å². The molecular weight excluding hydrogens is 236 g/mol. The number of ether oxygens (including phenoxy) is 1. The molecule has 0 bridgehead atoms. The third-order valence-electron chi connectivity index (χ3n) is 3.16.